The molecule has 0 saturated carbocycles. The second-order valence-corrected chi connectivity index (χ2v) is 6.09. The third-order valence-electron chi connectivity index (χ3n) is 4.51. The van der Waals surface area contributed by atoms with Gasteiger partial charge in [-0.1, -0.05) is 18.2 Å². The highest BCUT2D eigenvalue weighted by molar-refractivity contribution is 5.37. The van der Waals surface area contributed by atoms with Gasteiger partial charge in [0.2, 0.25) is 0 Å². The van der Waals surface area contributed by atoms with Crippen LogP contribution in [-0.4, -0.2) is 25.4 Å². The van der Waals surface area contributed by atoms with E-state index in [-0.39, 0.29) is 6.04 Å². The summed E-state index contributed by atoms with van der Waals surface area (Å²) in [7, 11) is 0. The van der Waals surface area contributed by atoms with Crippen molar-refractivity contribution in [3.05, 3.63) is 29.8 Å². The number of nitrogens with two attached hydrogens (primary N) is 1. The first-order valence-electron chi connectivity index (χ1n) is 7.92. The van der Waals surface area contributed by atoms with Gasteiger partial charge >= 0.3 is 0 Å². The molecule has 2 N–H and O–H groups in total. The van der Waals surface area contributed by atoms with Gasteiger partial charge in [0.05, 0.1) is 12.7 Å². The number of ether oxygens (including phenoxy) is 2. The van der Waals surface area contributed by atoms with Crippen LogP contribution in [0.2, 0.25) is 0 Å². The van der Waals surface area contributed by atoms with Crippen molar-refractivity contribution >= 4 is 0 Å². The Morgan fingerprint density at radius 3 is 2.85 bits per heavy atom. The summed E-state index contributed by atoms with van der Waals surface area (Å²) in [5, 5.41) is 0. The van der Waals surface area contributed by atoms with Crippen LogP contribution in [0.15, 0.2) is 24.3 Å². The van der Waals surface area contributed by atoms with E-state index < -0.39 is 0 Å². The van der Waals surface area contributed by atoms with Gasteiger partial charge in [-0.15, -0.1) is 0 Å². The number of rotatable bonds is 4. The molecular weight excluding hydrogens is 250 g/mol. The topological polar surface area (TPSA) is 44.5 Å². The lowest BCUT2D eigenvalue weighted by Gasteiger charge is -2.30. The molecule has 0 spiro atoms. The molecule has 3 nitrogen and oxygen atoms in total. The third-order valence-corrected chi connectivity index (χ3v) is 4.51. The molecule has 3 unspecified atom stereocenters. The van der Waals surface area contributed by atoms with E-state index in [1.165, 1.54) is 24.8 Å². The minimum absolute atomic E-state index is 0.231. The van der Waals surface area contributed by atoms with Gasteiger partial charge in [0.25, 0.3) is 0 Å². The summed E-state index contributed by atoms with van der Waals surface area (Å²) in [5.41, 5.74) is 7.70. The molecular formula is C17H25NO2. The summed E-state index contributed by atoms with van der Waals surface area (Å²) < 4.78 is 11.5. The summed E-state index contributed by atoms with van der Waals surface area (Å²) >= 11 is 0. The van der Waals surface area contributed by atoms with Crippen LogP contribution in [0.1, 0.15) is 50.0 Å². The van der Waals surface area contributed by atoms with Crippen molar-refractivity contribution in [2.45, 2.75) is 56.6 Å². The molecule has 1 fully saturated rings. The molecule has 1 aromatic rings. The zero-order chi connectivity index (χ0) is 13.8. The predicted octanol–water partition coefficient (Wildman–Crippen LogP) is 3.23. The maximum absolute atomic E-state index is 6.37. The molecule has 3 atom stereocenters. The van der Waals surface area contributed by atoms with Gasteiger partial charge in [-0.3, -0.25) is 0 Å². The quantitative estimate of drug-likeness (QED) is 0.917. The molecule has 110 valence electrons. The van der Waals surface area contributed by atoms with Crippen LogP contribution in [0.25, 0.3) is 0 Å². The highest BCUT2D eigenvalue weighted by Gasteiger charge is 2.25. The van der Waals surface area contributed by atoms with Crippen LogP contribution in [0.5, 0.6) is 5.75 Å². The van der Waals surface area contributed by atoms with Crippen molar-refractivity contribution in [1.29, 1.82) is 0 Å². The molecule has 2 aliphatic rings. The van der Waals surface area contributed by atoms with Gasteiger partial charge in [0.1, 0.15) is 5.75 Å². The average Bonchev–Trinajstić information content (AvgIpc) is 2.48. The van der Waals surface area contributed by atoms with Gasteiger partial charge in [-0.25, -0.2) is 0 Å². The van der Waals surface area contributed by atoms with E-state index in [0.29, 0.717) is 12.0 Å². The Balaban J connectivity index is 1.57. The Hall–Kier alpha value is -1.06. The second kappa shape index (κ2) is 6.59. The van der Waals surface area contributed by atoms with E-state index in [1.54, 1.807) is 0 Å². The Morgan fingerprint density at radius 2 is 2.00 bits per heavy atom. The van der Waals surface area contributed by atoms with Crippen molar-refractivity contribution in [3.8, 4) is 5.75 Å². The number of para-hydroxylation sites is 1. The largest absolute Gasteiger partial charge is 0.493 e. The molecule has 2 aliphatic heterocycles. The highest BCUT2D eigenvalue weighted by Crippen LogP contribution is 2.36. The lowest BCUT2D eigenvalue weighted by atomic mass is 9.86. The monoisotopic (exact) mass is 275 g/mol. The van der Waals surface area contributed by atoms with Gasteiger partial charge in [-0.2, -0.15) is 0 Å². The molecule has 3 heteroatoms. The van der Waals surface area contributed by atoms with Gasteiger partial charge in [-0.05, 0) is 56.1 Å². The van der Waals surface area contributed by atoms with Crippen LogP contribution in [0.3, 0.4) is 0 Å². The van der Waals surface area contributed by atoms with E-state index in [2.05, 4.69) is 18.2 Å². The molecule has 0 amide bonds. The third kappa shape index (κ3) is 3.33. The summed E-state index contributed by atoms with van der Waals surface area (Å²) in [5.74, 6) is 1.59. The molecule has 2 heterocycles. The fourth-order valence-corrected chi connectivity index (χ4v) is 3.45. The molecule has 3 rings (SSSR count). The maximum atomic E-state index is 6.37. The van der Waals surface area contributed by atoms with E-state index >= 15 is 0 Å². The van der Waals surface area contributed by atoms with Crippen LogP contribution in [0, 0.1) is 0 Å². The smallest absolute Gasteiger partial charge is 0.122 e. The summed E-state index contributed by atoms with van der Waals surface area (Å²) in [6.45, 7) is 1.73. The first kappa shape index (κ1) is 13.9. The molecule has 1 saturated heterocycles. The average molecular weight is 275 g/mol. The standard InChI is InChI=1S/C17H25NO2/c18-14(12-15-5-3-4-9-19-15)11-13-8-10-20-17-7-2-1-6-16(13)17/h1-2,6-7,13-15H,3-5,8-12,18H2. The number of benzene rings is 1. The van der Waals surface area contributed by atoms with Crippen molar-refractivity contribution < 1.29 is 9.47 Å². The number of hydrogen-bond acceptors (Lipinski definition) is 3. The Bertz CT molecular complexity index is 429. The van der Waals surface area contributed by atoms with E-state index in [4.69, 9.17) is 15.2 Å². The molecule has 1 aromatic carbocycles. The zero-order valence-electron chi connectivity index (χ0n) is 12.1. The van der Waals surface area contributed by atoms with Crippen molar-refractivity contribution in [1.82, 2.24) is 0 Å². The summed E-state index contributed by atoms with van der Waals surface area (Å²) in [4.78, 5) is 0. The van der Waals surface area contributed by atoms with Crippen LogP contribution in [-0.2, 0) is 4.74 Å². The fourth-order valence-electron chi connectivity index (χ4n) is 3.45. The first-order chi connectivity index (χ1) is 9.83. The van der Waals surface area contributed by atoms with Gasteiger partial charge in [0.15, 0.2) is 0 Å². The minimum atomic E-state index is 0.231. The SMILES string of the molecule is NC(CC1CCCCO1)CC1CCOc2ccccc21. The zero-order valence-corrected chi connectivity index (χ0v) is 12.1. The Labute approximate surface area is 121 Å². The van der Waals surface area contributed by atoms with E-state index in [9.17, 15) is 0 Å². The minimum Gasteiger partial charge on any atom is -0.493 e. The number of fused-ring (bicyclic) bond motifs is 1. The Kier molecular flexibility index (Phi) is 4.58. The van der Waals surface area contributed by atoms with Crippen LogP contribution >= 0.6 is 0 Å². The fraction of sp³-hybridized carbons (Fsp3) is 0.647. The van der Waals surface area contributed by atoms with Gasteiger partial charge < -0.3 is 15.2 Å². The summed E-state index contributed by atoms with van der Waals surface area (Å²) in [6, 6.07) is 8.61. The molecule has 20 heavy (non-hydrogen) atoms. The molecule has 0 aliphatic carbocycles. The predicted molar refractivity (Wildman–Crippen MR) is 80.1 cm³/mol. The van der Waals surface area contributed by atoms with Gasteiger partial charge in [0, 0.05) is 12.6 Å². The van der Waals surface area contributed by atoms with Crippen LogP contribution < -0.4 is 10.5 Å². The highest BCUT2D eigenvalue weighted by atomic mass is 16.5. The lowest BCUT2D eigenvalue weighted by molar-refractivity contribution is 0.00649. The number of hydrogen-bond donors (Lipinski definition) is 1. The Morgan fingerprint density at radius 1 is 1.10 bits per heavy atom. The second-order valence-electron chi connectivity index (χ2n) is 6.09. The normalized spacial score (nSPS) is 27.4. The molecule has 0 aromatic heterocycles. The van der Waals surface area contributed by atoms with E-state index in [0.717, 1.165) is 38.2 Å². The molecule has 0 radical (unpaired) electrons. The van der Waals surface area contributed by atoms with Crippen molar-refractivity contribution in [2.75, 3.05) is 13.2 Å². The maximum Gasteiger partial charge on any atom is 0.122 e. The van der Waals surface area contributed by atoms with Crippen molar-refractivity contribution in [2.24, 2.45) is 5.73 Å². The summed E-state index contributed by atoms with van der Waals surface area (Å²) in [6.07, 6.45) is 7.18. The first-order valence-corrected chi connectivity index (χ1v) is 7.92. The van der Waals surface area contributed by atoms with Crippen molar-refractivity contribution in [3.63, 3.8) is 0 Å². The molecule has 0 bridgehead atoms. The lowest BCUT2D eigenvalue weighted by Crippen LogP contribution is -2.32. The van der Waals surface area contributed by atoms with Crippen LogP contribution in [0.4, 0.5) is 0 Å². The van der Waals surface area contributed by atoms with E-state index in [1.807, 2.05) is 6.07 Å².